The summed E-state index contributed by atoms with van der Waals surface area (Å²) in [6, 6.07) is 0. The van der Waals surface area contributed by atoms with E-state index in [-0.39, 0.29) is 17.0 Å². The molecule has 0 amide bonds. The number of ether oxygens (including phenoxy) is 1. The number of aliphatic hydroxyl groups excluding tert-OH is 2. The molecule has 1 unspecified atom stereocenters. The predicted molar refractivity (Wildman–Crippen MR) is 41.3 cm³/mol. The number of fused-ring (bicyclic) bond motifs is 1. The summed E-state index contributed by atoms with van der Waals surface area (Å²) < 4.78 is 4.99. The van der Waals surface area contributed by atoms with Crippen molar-refractivity contribution in [3.8, 4) is 0 Å². The number of hydrogen-bond donors (Lipinski definition) is 2. The van der Waals surface area contributed by atoms with Crippen LogP contribution in [0.25, 0.3) is 0 Å². The smallest absolute Gasteiger partial charge is 0.195 e. The SMILES string of the molecule is OC1=COC2SC=NC2=C1O. The van der Waals surface area contributed by atoms with Crippen LogP contribution in [0.2, 0.25) is 0 Å². The van der Waals surface area contributed by atoms with E-state index in [9.17, 15) is 5.11 Å². The summed E-state index contributed by atoms with van der Waals surface area (Å²) in [5, 5.41) is 18.2. The molecule has 0 spiro atoms. The molecule has 58 valence electrons. The Morgan fingerprint density at radius 1 is 1.55 bits per heavy atom. The van der Waals surface area contributed by atoms with Gasteiger partial charge in [0.1, 0.15) is 12.0 Å². The highest BCUT2D eigenvalue weighted by Crippen LogP contribution is 2.33. The molecular formula is C6H5NO3S. The third kappa shape index (κ3) is 0.883. The van der Waals surface area contributed by atoms with Crippen molar-refractivity contribution in [2.45, 2.75) is 5.44 Å². The third-order valence-electron chi connectivity index (χ3n) is 1.39. The fourth-order valence-electron chi connectivity index (χ4n) is 0.850. The Bertz CT molecular complexity index is 282. The van der Waals surface area contributed by atoms with Gasteiger partial charge in [-0.2, -0.15) is 0 Å². The third-order valence-corrected chi connectivity index (χ3v) is 2.20. The van der Waals surface area contributed by atoms with Crippen molar-refractivity contribution in [2.75, 3.05) is 0 Å². The minimum atomic E-state index is -0.286. The van der Waals surface area contributed by atoms with Crippen molar-refractivity contribution in [2.24, 2.45) is 4.99 Å². The van der Waals surface area contributed by atoms with Gasteiger partial charge in [0.15, 0.2) is 17.0 Å². The molecule has 2 heterocycles. The molecule has 2 rings (SSSR count). The lowest BCUT2D eigenvalue weighted by Gasteiger charge is -2.15. The highest BCUT2D eigenvalue weighted by Gasteiger charge is 2.28. The first-order chi connectivity index (χ1) is 5.29. The predicted octanol–water partition coefficient (Wildman–Crippen LogP) is 1.29. The Morgan fingerprint density at radius 3 is 3.18 bits per heavy atom. The number of rotatable bonds is 0. The summed E-state index contributed by atoms with van der Waals surface area (Å²) in [5.74, 6) is -0.460. The second-order valence-corrected chi connectivity index (χ2v) is 2.99. The van der Waals surface area contributed by atoms with Crippen molar-refractivity contribution in [3.05, 3.63) is 23.5 Å². The summed E-state index contributed by atoms with van der Waals surface area (Å²) in [6.07, 6.45) is 1.12. The van der Waals surface area contributed by atoms with E-state index in [1.54, 1.807) is 5.55 Å². The Kier molecular flexibility index (Phi) is 1.32. The van der Waals surface area contributed by atoms with Gasteiger partial charge in [-0.25, -0.2) is 4.99 Å². The molecule has 0 radical (unpaired) electrons. The van der Waals surface area contributed by atoms with E-state index in [0.717, 1.165) is 6.26 Å². The fourth-order valence-corrected chi connectivity index (χ4v) is 1.56. The van der Waals surface area contributed by atoms with Gasteiger partial charge in [-0.05, 0) is 0 Å². The van der Waals surface area contributed by atoms with Gasteiger partial charge >= 0.3 is 0 Å². The largest absolute Gasteiger partial charge is 0.503 e. The maximum Gasteiger partial charge on any atom is 0.195 e. The topological polar surface area (TPSA) is 62.0 Å². The number of hydrogen-bond acceptors (Lipinski definition) is 5. The molecule has 2 N–H and O–H groups in total. The fraction of sp³-hybridized carbons (Fsp3) is 0.167. The van der Waals surface area contributed by atoms with E-state index >= 15 is 0 Å². The Morgan fingerprint density at radius 2 is 2.36 bits per heavy atom. The van der Waals surface area contributed by atoms with E-state index in [4.69, 9.17) is 9.84 Å². The zero-order valence-electron chi connectivity index (χ0n) is 5.39. The van der Waals surface area contributed by atoms with Gasteiger partial charge in [-0.3, -0.25) is 0 Å². The summed E-state index contributed by atoms with van der Waals surface area (Å²) in [6.45, 7) is 0. The molecule has 0 bridgehead atoms. The highest BCUT2D eigenvalue weighted by molar-refractivity contribution is 8.13. The number of thioether (sulfide) groups is 1. The van der Waals surface area contributed by atoms with Crippen LogP contribution in [0.1, 0.15) is 0 Å². The van der Waals surface area contributed by atoms with Crippen LogP contribution in [-0.2, 0) is 4.74 Å². The van der Waals surface area contributed by atoms with Crippen LogP contribution in [0.5, 0.6) is 0 Å². The molecule has 0 aromatic heterocycles. The Hall–Kier alpha value is -1.10. The van der Waals surface area contributed by atoms with E-state index in [1.807, 2.05) is 0 Å². The number of aliphatic hydroxyl groups is 2. The molecule has 0 fully saturated rings. The molecule has 2 aliphatic rings. The molecule has 5 heteroatoms. The number of aliphatic imine (C=N–C) groups is 1. The quantitative estimate of drug-likeness (QED) is 0.576. The van der Waals surface area contributed by atoms with E-state index in [1.165, 1.54) is 11.8 Å². The van der Waals surface area contributed by atoms with Crippen LogP contribution in [0.15, 0.2) is 28.5 Å². The lowest BCUT2D eigenvalue weighted by Crippen LogP contribution is -2.12. The minimum absolute atomic E-state index is 0.192. The lowest BCUT2D eigenvalue weighted by molar-refractivity contribution is 0.195. The van der Waals surface area contributed by atoms with Crippen LogP contribution < -0.4 is 0 Å². The molecule has 2 aliphatic heterocycles. The summed E-state index contributed by atoms with van der Waals surface area (Å²) in [5.41, 5.74) is 1.67. The first-order valence-electron chi connectivity index (χ1n) is 2.95. The monoisotopic (exact) mass is 171 g/mol. The lowest BCUT2D eigenvalue weighted by atomic mass is 10.3. The maximum atomic E-state index is 9.20. The summed E-state index contributed by atoms with van der Waals surface area (Å²) in [7, 11) is 0. The average Bonchev–Trinajstić information content (AvgIpc) is 2.45. The van der Waals surface area contributed by atoms with Crippen molar-refractivity contribution in [3.63, 3.8) is 0 Å². The van der Waals surface area contributed by atoms with Gasteiger partial charge < -0.3 is 14.9 Å². The van der Waals surface area contributed by atoms with Gasteiger partial charge in [-0.1, -0.05) is 11.8 Å². The van der Waals surface area contributed by atoms with Crippen LogP contribution >= 0.6 is 11.8 Å². The summed E-state index contributed by atoms with van der Waals surface area (Å²) in [4.78, 5) is 3.83. The molecule has 0 aliphatic carbocycles. The van der Waals surface area contributed by atoms with E-state index < -0.39 is 0 Å². The van der Waals surface area contributed by atoms with Gasteiger partial charge in [0.05, 0.1) is 5.55 Å². The first kappa shape index (κ1) is 6.60. The molecule has 0 aromatic carbocycles. The van der Waals surface area contributed by atoms with Crippen LogP contribution in [0.4, 0.5) is 0 Å². The zero-order valence-corrected chi connectivity index (χ0v) is 6.21. The average molecular weight is 171 g/mol. The molecule has 0 aromatic rings. The zero-order chi connectivity index (χ0) is 7.84. The van der Waals surface area contributed by atoms with Crippen molar-refractivity contribution in [1.29, 1.82) is 0 Å². The normalized spacial score (nSPS) is 28.0. The molecule has 1 atom stereocenters. The molecule has 4 nitrogen and oxygen atoms in total. The number of nitrogens with zero attached hydrogens (tertiary/aromatic N) is 1. The van der Waals surface area contributed by atoms with E-state index in [0.29, 0.717) is 5.70 Å². The molecule has 11 heavy (non-hydrogen) atoms. The van der Waals surface area contributed by atoms with Crippen molar-refractivity contribution < 1.29 is 14.9 Å². The first-order valence-corrected chi connectivity index (χ1v) is 3.89. The second kappa shape index (κ2) is 2.20. The van der Waals surface area contributed by atoms with E-state index in [2.05, 4.69) is 4.99 Å². The Balaban J connectivity index is 2.43. The molecular weight excluding hydrogens is 166 g/mol. The maximum absolute atomic E-state index is 9.20. The van der Waals surface area contributed by atoms with Gasteiger partial charge in [-0.15, -0.1) is 0 Å². The molecule has 0 saturated carbocycles. The second-order valence-electron chi connectivity index (χ2n) is 2.08. The minimum Gasteiger partial charge on any atom is -0.503 e. The van der Waals surface area contributed by atoms with Crippen molar-refractivity contribution >= 4 is 17.3 Å². The van der Waals surface area contributed by atoms with Gasteiger partial charge in [0, 0.05) is 0 Å². The standard InChI is InChI=1S/C6H5NO3S/c8-3-1-10-6-4(5(3)9)7-2-11-6/h1-2,6,8-9H. The summed E-state index contributed by atoms with van der Waals surface area (Å²) >= 11 is 1.34. The van der Waals surface area contributed by atoms with Crippen LogP contribution in [0.3, 0.4) is 0 Å². The molecule has 0 saturated heterocycles. The van der Waals surface area contributed by atoms with Gasteiger partial charge in [0.2, 0.25) is 0 Å². The highest BCUT2D eigenvalue weighted by atomic mass is 32.2. The van der Waals surface area contributed by atoms with Crippen LogP contribution in [0, 0.1) is 0 Å². The van der Waals surface area contributed by atoms with Gasteiger partial charge in [0.25, 0.3) is 0 Å². The van der Waals surface area contributed by atoms with Crippen molar-refractivity contribution in [1.82, 2.24) is 0 Å². The van der Waals surface area contributed by atoms with Crippen LogP contribution in [-0.4, -0.2) is 21.2 Å². The Labute approximate surface area is 66.9 Å².